The Balaban J connectivity index is 0.000000280. The molecule has 1 heterocycles. The van der Waals surface area contributed by atoms with Crippen LogP contribution in [0.4, 0.5) is 5.69 Å². The van der Waals surface area contributed by atoms with Crippen LogP contribution in [0.15, 0.2) is 17.0 Å². The number of fused-ring (bicyclic) bond motifs is 1. The number of thiol groups is 1. The van der Waals surface area contributed by atoms with Crippen molar-refractivity contribution in [2.24, 2.45) is 5.73 Å². The second-order valence-corrected chi connectivity index (χ2v) is 5.50. The molecule has 1 aliphatic heterocycles. The number of aryl methyl sites for hydroxylation is 1. The molecule has 1 aromatic rings. The molecule has 2 rings (SSSR count). The molecule has 18 heavy (non-hydrogen) atoms. The molecular weight excluding hydrogens is 240 g/mol. The highest BCUT2D eigenvalue weighted by Gasteiger charge is 2.17. The van der Waals surface area contributed by atoms with Gasteiger partial charge >= 0.3 is 0 Å². The summed E-state index contributed by atoms with van der Waals surface area (Å²) >= 11 is 4.40. The Kier molecular flexibility index (Phi) is 6.58. The summed E-state index contributed by atoms with van der Waals surface area (Å²) in [6.45, 7) is 8.50. The molecule has 0 aromatic heterocycles. The molecule has 3 N–H and O–H groups in total. The van der Waals surface area contributed by atoms with Gasteiger partial charge in [-0.3, -0.25) is 0 Å². The molecule has 1 aliphatic rings. The van der Waals surface area contributed by atoms with Crippen LogP contribution < -0.4 is 11.1 Å². The average Bonchev–Trinajstić information content (AvgIpc) is 2.32. The lowest BCUT2D eigenvalue weighted by atomic mass is 9.91. The molecule has 1 unspecified atom stereocenters. The minimum Gasteiger partial charge on any atom is -0.385 e. The van der Waals surface area contributed by atoms with Crippen LogP contribution in [0.1, 0.15) is 50.2 Å². The summed E-state index contributed by atoms with van der Waals surface area (Å²) in [5.74, 6) is 0.669. The van der Waals surface area contributed by atoms with Crippen molar-refractivity contribution >= 4 is 18.3 Å². The largest absolute Gasteiger partial charge is 0.385 e. The first kappa shape index (κ1) is 15.4. The first-order valence-electron chi connectivity index (χ1n) is 6.87. The predicted octanol–water partition coefficient (Wildman–Crippen LogP) is 3.95. The molecule has 0 radical (unpaired) electrons. The van der Waals surface area contributed by atoms with Gasteiger partial charge in [0.2, 0.25) is 0 Å². The molecule has 0 bridgehead atoms. The van der Waals surface area contributed by atoms with Crippen LogP contribution in [0.5, 0.6) is 0 Å². The topological polar surface area (TPSA) is 38.0 Å². The quantitative estimate of drug-likeness (QED) is 0.709. The Labute approximate surface area is 117 Å². The first-order valence-corrected chi connectivity index (χ1v) is 7.32. The van der Waals surface area contributed by atoms with Gasteiger partial charge in [-0.15, -0.1) is 12.6 Å². The fourth-order valence-electron chi connectivity index (χ4n) is 2.20. The molecule has 0 saturated heterocycles. The van der Waals surface area contributed by atoms with Crippen molar-refractivity contribution in [2.75, 3.05) is 18.4 Å². The number of unbranched alkanes of at least 4 members (excludes halogenated alkanes) is 1. The van der Waals surface area contributed by atoms with E-state index in [4.69, 9.17) is 5.73 Å². The summed E-state index contributed by atoms with van der Waals surface area (Å²) in [6.07, 6.45) is 3.61. The molecule has 0 spiro atoms. The van der Waals surface area contributed by atoms with Gasteiger partial charge in [0.25, 0.3) is 0 Å². The lowest BCUT2D eigenvalue weighted by Crippen LogP contribution is -2.15. The zero-order valence-electron chi connectivity index (χ0n) is 11.8. The van der Waals surface area contributed by atoms with Crippen LogP contribution >= 0.6 is 12.6 Å². The average molecular weight is 266 g/mol. The summed E-state index contributed by atoms with van der Waals surface area (Å²) < 4.78 is 0. The summed E-state index contributed by atoms with van der Waals surface area (Å²) in [4.78, 5) is 1.08. The maximum absolute atomic E-state index is 5.14. The van der Waals surface area contributed by atoms with Crippen molar-refractivity contribution in [3.05, 3.63) is 23.3 Å². The van der Waals surface area contributed by atoms with Crippen LogP contribution in [-0.4, -0.2) is 13.1 Å². The number of anilines is 1. The second-order valence-electron chi connectivity index (χ2n) is 4.99. The molecular formula is C15H26N2S. The van der Waals surface area contributed by atoms with Gasteiger partial charge in [-0.2, -0.15) is 0 Å². The van der Waals surface area contributed by atoms with Crippen LogP contribution in [-0.2, 0) is 0 Å². The van der Waals surface area contributed by atoms with E-state index >= 15 is 0 Å². The number of hydrogen-bond donors (Lipinski definition) is 3. The Morgan fingerprint density at radius 1 is 1.44 bits per heavy atom. The van der Waals surface area contributed by atoms with Gasteiger partial charge in [0, 0.05) is 17.1 Å². The molecule has 3 heteroatoms. The second kappa shape index (κ2) is 7.70. The van der Waals surface area contributed by atoms with E-state index in [9.17, 15) is 0 Å². The van der Waals surface area contributed by atoms with E-state index in [1.165, 1.54) is 36.1 Å². The Hall–Kier alpha value is -0.670. The monoisotopic (exact) mass is 266 g/mol. The van der Waals surface area contributed by atoms with Gasteiger partial charge in [-0.25, -0.2) is 0 Å². The number of nitrogens with two attached hydrogens (primary N) is 1. The lowest BCUT2D eigenvalue weighted by molar-refractivity contribution is 0.680. The standard InChI is InChI=1S/C11H15NS.C4H11N/c1-7-3-4-12-11-8(2)5-9(13)6-10(7)11;1-2-3-4-5/h5-7,12-13H,3-4H2,1-2H3;2-5H2,1H3. The van der Waals surface area contributed by atoms with E-state index in [2.05, 4.69) is 50.8 Å². The van der Waals surface area contributed by atoms with Crippen molar-refractivity contribution < 1.29 is 0 Å². The zero-order chi connectivity index (χ0) is 13.5. The molecule has 102 valence electrons. The summed E-state index contributed by atoms with van der Waals surface area (Å²) in [5, 5.41) is 3.45. The normalized spacial score (nSPS) is 17.3. The van der Waals surface area contributed by atoms with Crippen molar-refractivity contribution in [3.63, 3.8) is 0 Å². The van der Waals surface area contributed by atoms with Crippen LogP contribution in [0.25, 0.3) is 0 Å². The molecule has 1 atom stereocenters. The number of nitrogens with one attached hydrogen (secondary N) is 1. The number of rotatable bonds is 2. The summed E-state index contributed by atoms with van der Waals surface area (Å²) in [6, 6.07) is 4.30. The smallest absolute Gasteiger partial charge is 0.0405 e. The molecule has 2 nitrogen and oxygen atoms in total. The maximum Gasteiger partial charge on any atom is 0.0405 e. The summed E-state index contributed by atoms with van der Waals surface area (Å²) in [7, 11) is 0. The molecule has 1 aromatic carbocycles. The zero-order valence-corrected chi connectivity index (χ0v) is 12.7. The fourth-order valence-corrected chi connectivity index (χ4v) is 2.53. The van der Waals surface area contributed by atoms with Gasteiger partial charge in [0.15, 0.2) is 0 Å². The minimum atomic E-state index is 0.669. The third-order valence-corrected chi connectivity index (χ3v) is 3.58. The van der Waals surface area contributed by atoms with E-state index in [1.807, 2.05) is 0 Å². The van der Waals surface area contributed by atoms with Crippen LogP contribution in [0.3, 0.4) is 0 Å². The third-order valence-electron chi connectivity index (χ3n) is 3.32. The number of hydrogen-bond acceptors (Lipinski definition) is 3. The van der Waals surface area contributed by atoms with Gasteiger partial charge in [-0.05, 0) is 55.5 Å². The number of benzene rings is 1. The SMILES string of the molecule is CCCCN.Cc1cc(S)cc2c1NCCC2C. The third kappa shape index (κ3) is 4.21. The lowest BCUT2D eigenvalue weighted by Gasteiger charge is -2.25. The highest BCUT2D eigenvalue weighted by Crippen LogP contribution is 2.35. The van der Waals surface area contributed by atoms with Crippen molar-refractivity contribution in [1.29, 1.82) is 0 Å². The van der Waals surface area contributed by atoms with Crippen molar-refractivity contribution in [3.8, 4) is 0 Å². The molecule has 0 fully saturated rings. The molecule has 0 amide bonds. The highest BCUT2D eigenvalue weighted by atomic mass is 32.1. The van der Waals surface area contributed by atoms with E-state index < -0.39 is 0 Å². The van der Waals surface area contributed by atoms with Gasteiger partial charge in [0.05, 0.1) is 0 Å². The molecule has 0 saturated carbocycles. The predicted molar refractivity (Wildman–Crippen MR) is 83.9 cm³/mol. The van der Waals surface area contributed by atoms with E-state index in [0.717, 1.165) is 18.0 Å². The summed E-state index contributed by atoms with van der Waals surface area (Å²) in [5.41, 5.74) is 9.21. The van der Waals surface area contributed by atoms with Crippen molar-refractivity contribution in [1.82, 2.24) is 0 Å². The van der Waals surface area contributed by atoms with E-state index in [-0.39, 0.29) is 0 Å². The van der Waals surface area contributed by atoms with Crippen LogP contribution in [0, 0.1) is 6.92 Å². The van der Waals surface area contributed by atoms with Gasteiger partial charge in [0.1, 0.15) is 0 Å². The Bertz CT molecular complexity index is 375. The van der Waals surface area contributed by atoms with Crippen LogP contribution in [0.2, 0.25) is 0 Å². The first-order chi connectivity index (χ1) is 8.60. The van der Waals surface area contributed by atoms with E-state index in [0.29, 0.717) is 5.92 Å². The van der Waals surface area contributed by atoms with Gasteiger partial charge in [-0.1, -0.05) is 20.3 Å². The maximum atomic E-state index is 5.14. The van der Waals surface area contributed by atoms with Gasteiger partial charge < -0.3 is 11.1 Å². The molecule has 0 aliphatic carbocycles. The Morgan fingerprint density at radius 2 is 2.17 bits per heavy atom. The van der Waals surface area contributed by atoms with Crippen molar-refractivity contribution in [2.45, 2.75) is 50.8 Å². The Morgan fingerprint density at radius 3 is 2.72 bits per heavy atom. The van der Waals surface area contributed by atoms with E-state index in [1.54, 1.807) is 0 Å². The minimum absolute atomic E-state index is 0.669. The fraction of sp³-hybridized carbons (Fsp3) is 0.600. The highest BCUT2D eigenvalue weighted by molar-refractivity contribution is 7.80.